The lowest BCUT2D eigenvalue weighted by Gasteiger charge is -2.16. The molecule has 0 radical (unpaired) electrons. The van der Waals surface area contributed by atoms with Gasteiger partial charge in [0.25, 0.3) is 0 Å². The van der Waals surface area contributed by atoms with Crippen LogP contribution in [0.15, 0.2) is 36.4 Å². The minimum atomic E-state index is 0.455. The predicted octanol–water partition coefficient (Wildman–Crippen LogP) is 3.53. The molecule has 0 heterocycles. The molecule has 0 saturated heterocycles. The van der Waals surface area contributed by atoms with Gasteiger partial charge in [-0.25, -0.2) is 0 Å². The Kier molecular flexibility index (Phi) is 5.88. The quantitative estimate of drug-likeness (QED) is 0.848. The molecule has 0 aromatic heterocycles. The lowest BCUT2D eigenvalue weighted by molar-refractivity contribution is 0.325. The third kappa shape index (κ3) is 3.77. The summed E-state index contributed by atoms with van der Waals surface area (Å²) in [5.74, 6) is 1.95. The van der Waals surface area contributed by atoms with Gasteiger partial charge in [0.2, 0.25) is 5.75 Å². The van der Waals surface area contributed by atoms with E-state index >= 15 is 0 Å². The van der Waals surface area contributed by atoms with E-state index < -0.39 is 0 Å². The fourth-order valence-corrected chi connectivity index (χ4v) is 2.60. The maximum atomic E-state index is 5.56. The molecule has 2 aromatic rings. The number of benzene rings is 2. The van der Waals surface area contributed by atoms with Gasteiger partial charge in [0.1, 0.15) is 0 Å². The molecule has 0 aliphatic carbocycles. The Bertz CT molecular complexity index is 638. The molecule has 23 heavy (non-hydrogen) atoms. The van der Waals surface area contributed by atoms with Crippen molar-refractivity contribution in [1.82, 2.24) is 5.32 Å². The van der Waals surface area contributed by atoms with Crippen molar-refractivity contribution in [2.75, 3.05) is 28.4 Å². The Labute approximate surface area is 138 Å². The number of methoxy groups -OCH3 is 3. The van der Waals surface area contributed by atoms with E-state index in [1.165, 1.54) is 5.56 Å². The molecule has 0 amide bonds. The lowest BCUT2D eigenvalue weighted by atomic mass is 10.00. The van der Waals surface area contributed by atoms with Crippen LogP contribution in [-0.2, 0) is 6.42 Å². The van der Waals surface area contributed by atoms with Crippen LogP contribution in [0.3, 0.4) is 0 Å². The van der Waals surface area contributed by atoms with Crippen LogP contribution >= 0.6 is 0 Å². The van der Waals surface area contributed by atoms with Crippen LogP contribution in [0.4, 0.5) is 0 Å². The first-order valence-corrected chi connectivity index (χ1v) is 7.70. The molecule has 1 unspecified atom stereocenters. The normalized spacial score (nSPS) is 11.9. The van der Waals surface area contributed by atoms with Crippen LogP contribution in [-0.4, -0.2) is 34.4 Å². The largest absolute Gasteiger partial charge is 0.493 e. The number of hydrogen-bond donors (Lipinski definition) is 1. The van der Waals surface area contributed by atoms with Crippen molar-refractivity contribution in [3.8, 4) is 28.4 Å². The van der Waals surface area contributed by atoms with Crippen molar-refractivity contribution < 1.29 is 14.2 Å². The van der Waals surface area contributed by atoms with E-state index in [1.807, 2.05) is 19.2 Å². The molecule has 1 atom stereocenters. The van der Waals surface area contributed by atoms with Crippen molar-refractivity contribution in [2.24, 2.45) is 0 Å². The van der Waals surface area contributed by atoms with Crippen LogP contribution in [0.5, 0.6) is 17.2 Å². The zero-order valence-corrected chi connectivity index (χ0v) is 14.5. The Morgan fingerprint density at radius 1 is 0.870 bits per heavy atom. The van der Waals surface area contributed by atoms with E-state index in [0.717, 1.165) is 17.5 Å². The first-order valence-electron chi connectivity index (χ1n) is 7.70. The SMILES string of the molecule is CNC(C)Cc1ccc(-c2ccc(OC)c(OC)c2OC)cc1. The zero-order chi connectivity index (χ0) is 16.8. The average molecular weight is 315 g/mol. The lowest BCUT2D eigenvalue weighted by Crippen LogP contribution is -2.23. The van der Waals surface area contributed by atoms with E-state index in [9.17, 15) is 0 Å². The summed E-state index contributed by atoms with van der Waals surface area (Å²) in [6, 6.07) is 12.9. The molecule has 0 spiro atoms. The molecule has 4 nitrogen and oxygen atoms in total. The van der Waals surface area contributed by atoms with Crippen LogP contribution in [0.2, 0.25) is 0 Å². The van der Waals surface area contributed by atoms with E-state index in [-0.39, 0.29) is 0 Å². The molecule has 2 aromatic carbocycles. The summed E-state index contributed by atoms with van der Waals surface area (Å²) in [7, 11) is 6.86. The maximum absolute atomic E-state index is 5.56. The maximum Gasteiger partial charge on any atom is 0.203 e. The topological polar surface area (TPSA) is 39.7 Å². The fraction of sp³-hybridized carbons (Fsp3) is 0.368. The number of rotatable bonds is 7. The van der Waals surface area contributed by atoms with Crippen molar-refractivity contribution in [1.29, 1.82) is 0 Å². The first kappa shape index (κ1) is 17.2. The summed E-state index contributed by atoms with van der Waals surface area (Å²) >= 11 is 0. The van der Waals surface area contributed by atoms with Gasteiger partial charge in [-0.05, 0) is 43.7 Å². The standard InChI is InChI=1S/C19H25NO3/c1-13(20-2)12-14-6-8-15(9-7-14)16-10-11-17(21-3)19(23-5)18(16)22-4/h6-11,13,20H,12H2,1-5H3. The Morgan fingerprint density at radius 3 is 2.04 bits per heavy atom. The summed E-state index contributed by atoms with van der Waals surface area (Å²) in [6.07, 6.45) is 1.000. The highest BCUT2D eigenvalue weighted by atomic mass is 16.5. The minimum absolute atomic E-state index is 0.455. The summed E-state index contributed by atoms with van der Waals surface area (Å²) in [5, 5.41) is 3.26. The van der Waals surface area contributed by atoms with Crippen molar-refractivity contribution in [2.45, 2.75) is 19.4 Å². The van der Waals surface area contributed by atoms with Crippen molar-refractivity contribution in [3.63, 3.8) is 0 Å². The van der Waals surface area contributed by atoms with E-state index in [1.54, 1.807) is 21.3 Å². The minimum Gasteiger partial charge on any atom is -0.493 e. The average Bonchev–Trinajstić information content (AvgIpc) is 2.60. The second-order valence-corrected chi connectivity index (χ2v) is 5.47. The van der Waals surface area contributed by atoms with Gasteiger partial charge in [0.05, 0.1) is 21.3 Å². The van der Waals surface area contributed by atoms with Crippen LogP contribution < -0.4 is 19.5 Å². The monoisotopic (exact) mass is 315 g/mol. The highest BCUT2D eigenvalue weighted by Gasteiger charge is 2.16. The van der Waals surface area contributed by atoms with Gasteiger partial charge in [0.15, 0.2) is 11.5 Å². The highest BCUT2D eigenvalue weighted by Crippen LogP contribution is 2.44. The van der Waals surface area contributed by atoms with Crippen LogP contribution in [0.1, 0.15) is 12.5 Å². The predicted molar refractivity (Wildman–Crippen MR) is 93.8 cm³/mol. The highest BCUT2D eigenvalue weighted by molar-refractivity contribution is 5.76. The van der Waals surface area contributed by atoms with Gasteiger partial charge >= 0.3 is 0 Å². The third-order valence-electron chi connectivity index (χ3n) is 4.00. The van der Waals surface area contributed by atoms with Gasteiger partial charge in [-0.15, -0.1) is 0 Å². The number of ether oxygens (including phenoxy) is 3. The smallest absolute Gasteiger partial charge is 0.203 e. The molecule has 0 saturated carbocycles. The molecule has 0 aliphatic rings. The summed E-state index contributed by atoms with van der Waals surface area (Å²) in [6.45, 7) is 2.17. The molecule has 0 aliphatic heterocycles. The third-order valence-corrected chi connectivity index (χ3v) is 4.00. The Balaban J connectivity index is 2.38. The number of hydrogen-bond acceptors (Lipinski definition) is 4. The van der Waals surface area contributed by atoms with Crippen molar-refractivity contribution in [3.05, 3.63) is 42.0 Å². The van der Waals surface area contributed by atoms with E-state index in [4.69, 9.17) is 14.2 Å². The van der Waals surface area contributed by atoms with Gasteiger partial charge in [-0.1, -0.05) is 24.3 Å². The Hall–Kier alpha value is -2.20. The molecular formula is C19H25NO3. The summed E-state index contributed by atoms with van der Waals surface area (Å²) in [5.41, 5.74) is 3.37. The molecular weight excluding hydrogens is 290 g/mol. The van der Waals surface area contributed by atoms with Gasteiger partial charge in [-0.2, -0.15) is 0 Å². The molecule has 0 bridgehead atoms. The van der Waals surface area contributed by atoms with Crippen LogP contribution in [0.25, 0.3) is 11.1 Å². The molecule has 4 heteroatoms. The zero-order valence-electron chi connectivity index (χ0n) is 14.5. The first-order chi connectivity index (χ1) is 11.1. The summed E-state index contributed by atoms with van der Waals surface area (Å²) in [4.78, 5) is 0. The second-order valence-electron chi connectivity index (χ2n) is 5.47. The molecule has 124 valence electrons. The fourth-order valence-electron chi connectivity index (χ4n) is 2.60. The van der Waals surface area contributed by atoms with Gasteiger partial charge in [0, 0.05) is 11.6 Å². The Morgan fingerprint density at radius 2 is 1.52 bits per heavy atom. The molecule has 1 N–H and O–H groups in total. The number of nitrogens with one attached hydrogen (secondary N) is 1. The summed E-state index contributed by atoms with van der Waals surface area (Å²) < 4.78 is 16.3. The van der Waals surface area contributed by atoms with Gasteiger partial charge < -0.3 is 19.5 Å². The van der Waals surface area contributed by atoms with E-state index in [2.05, 4.69) is 36.5 Å². The van der Waals surface area contributed by atoms with E-state index in [0.29, 0.717) is 23.3 Å². The molecule has 0 fully saturated rings. The molecule has 2 rings (SSSR count). The number of likely N-dealkylation sites (N-methyl/N-ethyl adjacent to an activating group) is 1. The van der Waals surface area contributed by atoms with Crippen molar-refractivity contribution >= 4 is 0 Å². The van der Waals surface area contributed by atoms with Gasteiger partial charge in [-0.3, -0.25) is 0 Å². The second kappa shape index (κ2) is 7.88. The van der Waals surface area contributed by atoms with Crippen LogP contribution in [0, 0.1) is 0 Å².